The minimum atomic E-state index is 0.182. The molecule has 0 fully saturated rings. The SMILES string of the molecule is COc1ccnc(N[C@H](C)Cn2cccn2)n1. The summed E-state index contributed by atoms with van der Waals surface area (Å²) in [6.45, 7) is 2.80. The number of methoxy groups -OCH3 is 1. The zero-order valence-corrected chi connectivity index (χ0v) is 9.87. The Labute approximate surface area is 99.7 Å². The molecule has 17 heavy (non-hydrogen) atoms. The summed E-state index contributed by atoms with van der Waals surface area (Å²) < 4.78 is 6.89. The van der Waals surface area contributed by atoms with Crippen molar-refractivity contribution in [1.29, 1.82) is 0 Å². The molecule has 0 aliphatic heterocycles. The van der Waals surface area contributed by atoms with Gasteiger partial charge in [-0.3, -0.25) is 4.68 Å². The van der Waals surface area contributed by atoms with Crippen molar-refractivity contribution in [2.24, 2.45) is 0 Å². The molecule has 6 nitrogen and oxygen atoms in total. The van der Waals surface area contributed by atoms with Crippen LogP contribution in [0.5, 0.6) is 5.88 Å². The van der Waals surface area contributed by atoms with Crippen LogP contribution in [0.3, 0.4) is 0 Å². The van der Waals surface area contributed by atoms with E-state index < -0.39 is 0 Å². The van der Waals surface area contributed by atoms with Crippen LogP contribution in [0, 0.1) is 0 Å². The van der Waals surface area contributed by atoms with Crippen LogP contribution in [-0.2, 0) is 6.54 Å². The fraction of sp³-hybridized carbons (Fsp3) is 0.364. The lowest BCUT2D eigenvalue weighted by atomic mass is 10.3. The van der Waals surface area contributed by atoms with Gasteiger partial charge < -0.3 is 10.1 Å². The molecule has 0 aliphatic rings. The summed E-state index contributed by atoms with van der Waals surface area (Å²) in [6, 6.07) is 3.79. The number of nitrogens with one attached hydrogen (secondary N) is 1. The highest BCUT2D eigenvalue weighted by atomic mass is 16.5. The lowest BCUT2D eigenvalue weighted by Crippen LogP contribution is -2.23. The summed E-state index contributed by atoms with van der Waals surface area (Å²) in [5.41, 5.74) is 0. The first-order valence-electron chi connectivity index (χ1n) is 5.39. The minimum Gasteiger partial charge on any atom is -0.481 e. The normalized spacial score (nSPS) is 12.1. The van der Waals surface area contributed by atoms with E-state index in [2.05, 4.69) is 20.4 Å². The van der Waals surface area contributed by atoms with Gasteiger partial charge in [0.1, 0.15) is 0 Å². The van der Waals surface area contributed by atoms with Gasteiger partial charge in [0.15, 0.2) is 0 Å². The Morgan fingerprint density at radius 1 is 1.47 bits per heavy atom. The van der Waals surface area contributed by atoms with Gasteiger partial charge in [-0.2, -0.15) is 10.1 Å². The van der Waals surface area contributed by atoms with Crippen molar-refractivity contribution in [1.82, 2.24) is 19.7 Å². The highest BCUT2D eigenvalue weighted by Crippen LogP contribution is 2.08. The molecule has 0 unspecified atom stereocenters. The molecule has 0 aromatic carbocycles. The highest BCUT2D eigenvalue weighted by molar-refractivity contribution is 5.28. The van der Waals surface area contributed by atoms with Crippen LogP contribution in [0.2, 0.25) is 0 Å². The van der Waals surface area contributed by atoms with Gasteiger partial charge in [-0.1, -0.05) is 0 Å². The number of hydrogen-bond donors (Lipinski definition) is 1. The molecule has 2 aromatic rings. The molecule has 0 saturated heterocycles. The van der Waals surface area contributed by atoms with Crippen LogP contribution in [0.15, 0.2) is 30.7 Å². The fourth-order valence-electron chi connectivity index (χ4n) is 1.48. The average Bonchev–Trinajstić information content (AvgIpc) is 2.82. The molecular formula is C11H15N5O. The molecule has 2 aromatic heterocycles. The van der Waals surface area contributed by atoms with Crippen molar-refractivity contribution < 1.29 is 4.74 Å². The van der Waals surface area contributed by atoms with Gasteiger partial charge in [0.25, 0.3) is 0 Å². The van der Waals surface area contributed by atoms with Crippen molar-refractivity contribution in [3.05, 3.63) is 30.7 Å². The summed E-state index contributed by atoms with van der Waals surface area (Å²) in [5.74, 6) is 1.11. The maximum Gasteiger partial charge on any atom is 0.226 e. The Morgan fingerprint density at radius 2 is 2.35 bits per heavy atom. The van der Waals surface area contributed by atoms with E-state index in [1.54, 1.807) is 25.6 Å². The van der Waals surface area contributed by atoms with Crippen molar-refractivity contribution in [2.75, 3.05) is 12.4 Å². The van der Waals surface area contributed by atoms with Crippen molar-refractivity contribution >= 4 is 5.95 Å². The standard InChI is InChI=1S/C11H15N5O/c1-9(8-16-7-3-5-13-16)14-11-12-6-4-10(15-11)17-2/h3-7,9H,8H2,1-2H3,(H,12,14,15)/t9-/m1/s1. The zero-order chi connectivity index (χ0) is 12.1. The zero-order valence-electron chi connectivity index (χ0n) is 9.87. The van der Waals surface area contributed by atoms with Gasteiger partial charge in [0.2, 0.25) is 11.8 Å². The van der Waals surface area contributed by atoms with Crippen molar-refractivity contribution in [2.45, 2.75) is 19.5 Å². The van der Waals surface area contributed by atoms with Crippen molar-refractivity contribution in [3.63, 3.8) is 0 Å². The first kappa shape index (κ1) is 11.4. The molecule has 2 heterocycles. The Hall–Kier alpha value is -2.11. The second kappa shape index (κ2) is 5.29. The smallest absolute Gasteiger partial charge is 0.226 e. The third kappa shape index (κ3) is 3.17. The van der Waals surface area contributed by atoms with E-state index in [9.17, 15) is 0 Å². The molecule has 0 saturated carbocycles. The molecular weight excluding hydrogens is 218 g/mol. The molecule has 0 bridgehead atoms. The van der Waals surface area contributed by atoms with E-state index in [1.807, 2.05) is 23.9 Å². The van der Waals surface area contributed by atoms with Crippen LogP contribution in [0.1, 0.15) is 6.92 Å². The fourth-order valence-corrected chi connectivity index (χ4v) is 1.48. The maximum atomic E-state index is 5.03. The summed E-state index contributed by atoms with van der Waals surface area (Å²) in [6.07, 6.45) is 5.34. The van der Waals surface area contributed by atoms with E-state index in [0.29, 0.717) is 11.8 Å². The lowest BCUT2D eigenvalue weighted by molar-refractivity contribution is 0.397. The molecule has 6 heteroatoms. The summed E-state index contributed by atoms with van der Waals surface area (Å²) in [7, 11) is 1.58. The van der Waals surface area contributed by atoms with E-state index in [-0.39, 0.29) is 6.04 Å². The summed E-state index contributed by atoms with van der Waals surface area (Å²) >= 11 is 0. The highest BCUT2D eigenvalue weighted by Gasteiger charge is 2.05. The second-order valence-electron chi connectivity index (χ2n) is 3.70. The van der Waals surface area contributed by atoms with E-state index in [0.717, 1.165) is 6.54 Å². The number of anilines is 1. The number of nitrogens with zero attached hydrogens (tertiary/aromatic N) is 4. The third-order valence-electron chi connectivity index (χ3n) is 2.23. The van der Waals surface area contributed by atoms with Crippen LogP contribution in [-0.4, -0.2) is 32.9 Å². The van der Waals surface area contributed by atoms with Gasteiger partial charge in [-0.15, -0.1) is 0 Å². The Morgan fingerprint density at radius 3 is 3.06 bits per heavy atom. The molecule has 0 aliphatic carbocycles. The Balaban J connectivity index is 1.95. The predicted octanol–water partition coefficient (Wildman–Crippen LogP) is 1.18. The molecule has 1 atom stereocenters. The molecule has 1 N–H and O–H groups in total. The quantitative estimate of drug-likeness (QED) is 0.840. The van der Waals surface area contributed by atoms with Crippen molar-refractivity contribution in [3.8, 4) is 5.88 Å². The molecule has 0 spiro atoms. The van der Waals surface area contributed by atoms with E-state index >= 15 is 0 Å². The molecule has 0 amide bonds. The number of aromatic nitrogens is 4. The van der Waals surface area contributed by atoms with E-state index in [4.69, 9.17) is 4.74 Å². The minimum absolute atomic E-state index is 0.182. The third-order valence-corrected chi connectivity index (χ3v) is 2.23. The first-order valence-corrected chi connectivity index (χ1v) is 5.39. The average molecular weight is 233 g/mol. The second-order valence-corrected chi connectivity index (χ2v) is 3.70. The van der Waals surface area contributed by atoms with Gasteiger partial charge in [-0.25, -0.2) is 4.98 Å². The van der Waals surface area contributed by atoms with Crippen LogP contribution in [0.25, 0.3) is 0 Å². The molecule has 0 radical (unpaired) electrons. The largest absolute Gasteiger partial charge is 0.481 e. The van der Waals surface area contributed by atoms with Gasteiger partial charge in [-0.05, 0) is 13.0 Å². The first-order chi connectivity index (χ1) is 8.28. The predicted molar refractivity (Wildman–Crippen MR) is 63.9 cm³/mol. The number of rotatable bonds is 5. The Bertz CT molecular complexity index is 457. The maximum absolute atomic E-state index is 5.03. The van der Waals surface area contributed by atoms with E-state index in [1.165, 1.54) is 0 Å². The van der Waals surface area contributed by atoms with Gasteiger partial charge in [0, 0.05) is 30.7 Å². The summed E-state index contributed by atoms with van der Waals surface area (Å²) in [4.78, 5) is 8.31. The van der Waals surface area contributed by atoms with Crippen LogP contribution < -0.4 is 10.1 Å². The topological polar surface area (TPSA) is 64.9 Å². The molecule has 90 valence electrons. The van der Waals surface area contributed by atoms with Gasteiger partial charge in [0.05, 0.1) is 13.7 Å². The van der Waals surface area contributed by atoms with Crippen LogP contribution in [0.4, 0.5) is 5.95 Å². The number of ether oxygens (including phenoxy) is 1. The lowest BCUT2D eigenvalue weighted by Gasteiger charge is -2.13. The molecule has 2 rings (SSSR count). The monoisotopic (exact) mass is 233 g/mol. The van der Waals surface area contributed by atoms with Gasteiger partial charge >= 0.3 is 0 Å². The summed E-state index contributed by atoms with van der Waals surface area (Å²) in [5, 5.41) is 7.33. The Kier molecular flexibility index (Phi) is 3.54. The van der Waals surface area contributed by atoms with Crippen LogP contribution >= 0.6 is 0 Å². The number of hydrogen-bond acceptors (Lipinski definition) is 5.